The molecule has 1 heterocycles. The van der Waals surface area contributed by atoms with Gasteiger partial charge in [-0.25, -0.2) is 0 Å². The molecule has 0 saturated heterocycles. The van der Waals surface area contributed by atoms with Crippen molar-refractivity contribution in [2.24, 2.45) is 0 Å². The maximum Gasteiger partial charge on any atom is 0.247 e. The number of aromatic nitrogens is 2. The molecule has 0 saturated carbocycles. The van der Waals surface area contributed by atoms with E-state index < -0.39 is 5.95 Å². The van der Waals surface area contributed by atoms with E-state index in [1.165, 1.54) is 0 Å². The van der Waals surface area contributed by atoms with Crippen LogP contribution < -0.4 is 15.1 Å². The number of ether oxygens (including phenoxy) is 2. The van der Waals surface area contributed by atoms with E-state index in [0.717, 1.165) is 0 Å². The Morgan fingerprint density at radius 3 is 2.59 bits per heavy atom. The third kappa shape index (κ3) is 3.65. The first-order valence-electron chi connectivity index (χ1n) is 5.43. The number of methoxy groups -OCH3 is 2. The highest BCUT2D eigenvalue weighted by Crippen LogP contribution is 2.08. The third-order valence-electron chi connectivity index (χ3n) is 2.34. The molecule has 7 nitrogen and oxygen atoms in total. The average molecular weight is 245 g/mol. The number of nitrogens with one attached hydrogen (secondary N) is 1. The van der Waals surface area contributed by atoms with E-state index >= 15 is 0 Å². The fourth-order valence-electron chi connectivity index (χ4n) is 1.41. The average Bonchev–Trinajstić information content (AvgIpc) is 2.66. The number of rotatable bonds is 7. The van der Waals surface area contributed by atoms with E-state index in [2.05, 4.69) is 15.1 Å². The topological polar surface area (TPSA) is 83.5 Å². The van der Waals surface area contributed by atoms with Gasteiger partial charge in [-0.2, -0.15) is 0 Å². The van der Waals surface area contributed by atoms with Crippen LogP contribution in [-0.2, 0) is 16.0 Å². The summed E-state index contributed by atoms with van der Waals surface area (Å²) in [4.78, 5) is 0. The van der Waals surface area contributed by atoms with Crippen molar-refractivity contribution < 1.29 is 23.8 Å². The molecule has 0 bridgehead atoms. The van der Waals surface area contributed by atoms with Crippen LogP contribution >= 0.6 is 0 Å². The van der Waals surface area contributed by atoms with Gasteiger partial charge in [-0.3, -0.25) is 0 Å². The van der Waals surface area contributed by atoms with Crippen LogP contribution in [0.15, 0.2) is 4.52 Å². The van der Waals surface area contributed by atoms with Crippen LogP contribution in [0.4, 0.5) is 0 Å². The highest BCUT2D eigenvalue weighted by molar-refractivity contribution is 5.02. The zero-order valence-electron chi connectivity index (χ0n) is 10.6. The van der Waals surface area contributed by atoms with Gasteiger partial charge in [-0.15, -0.1) is 0 Å². The van der Waals surface area contributed by atoms with Crippen molar-refractivity contribution in [1.82, 2.24) is 10.6 Å². The molecular weight excluding hydrogens is 226 g/mol. The first-order valence-corrected chi connectivity index (χ1v) is 5.43. The fraction of sp³-hybridized carbons (Fsp3) is 0.800. The molecule has 0 spiro atoms. The minimum Gasteiger partial charge on any atom is -0.539 e. The molecule has 1 N–H and O–H groups in total. The predicted molar refractivity (Wildman–Crippen MR) is 56.0 cm³/mol. The van der Waals surface area contributed by atoms with Crippen molar-refractivity contribution in [2.75, 3.05) is 20.8 Å². The number of nitrogens with zero attached hydrogens (tertiary/aromatic N) is 2. The molecule has 0 fully saturated rings. The largest absolute Gasteiger partial charge is 0.539 e. The minimum atomic E-state index is -0.419. The van der Waals surface area contributed by atoms with Crippen LogP contribution in [0.2, 0.25) is 0 Å². The lowest BCUT2D eigenvalue weighted by Crippen LogP contribution is -2.44. The van der Waals surface area contributed by atoms with Gasteiger partial charge in [0.2, 0.25) is 5.69 Å². The van der Waals surface area contributed by atoms with Gasteiger partial charge >= 0.3 is 0 Å². The monoisotopic (exact) mass is 245 g/mol. The summed E-state index contributed by atoms with van der Waals surface area (Å²) in [7, 11) is 3.12. The Bertz CT molecular complexity index is 336. The zero-order chi connectivity index (χ0) is 12.8. The van der Waals surface area contributed by atoms with Crippen molar-refractivity contribution in [1.29, 1.82) is 0 Å². The lowest BCUT2D eigenvalue weighted by molar-refractivity contribution is -0.785. The van der Waals surface area contributed by atoms with Gasteiger partial charge < -0.3 is 24.4 Å². The van der Waals surface area contributed by atoms with E-state index in [-0.39, 0.29) is 12.3 Å². The van der Waals surface area contributed by atoms with Gasteiger partial charge in [0.15, 0.2) is 18.3 Å². The quantitative estimate of drug-likeness (QED) is 0.506. The van der Waals surface area contributed by atoms with Gasteiger partial charge in [0, 0.05) is 20.8 Å². The van der Waals surface area contributed by atoms with Crippen LogP contribution in [0, 0.1) is 0 Å². The van der Waals surface area contributed by atoms with Crippen LogP contribution in [0.1, 0.15) is 25.6 Å². The fourth-order valence-corrected chi connectivity index (χ4v) is 1.41. The second kappa shape index (κ2) is 6.53. The van der Waals surface area contributed by atoms with E-state index in [4.69, 9.17) is 9.47 Å². The van der Waals surface area contributed by atoms with E-state index in [0.29, 0.717) is 18.8 Å². The molecule has 0 aromatic carbocycles. The molecule has 1 rings (SSSR count). The summed E-state index contributed by atoms with van der Waals surface area (Å²) in [6, 6.07) is 0.0823. The molecule has 1 aromatic rings. The summed E-state index contributed by atoms with van der Waals surface area (Å²) in [5.41, 5.74) is 0.492. The maximum atomic E-state index is 11.4. The molecule has 0 unspecified atom stereocenters. The molecule has 17 heavy (non-hydrogen) atoms. The van der Waals surface area contributed by atoms with E-state index in [9.17, 15) is 5.11 Å². The second-order valence-electron chi connectivity index (χ2n) is 3.88. The standard InChI is InChI=1S/C10H19N3O4/c1-7(2)13-8(10(14)17-12-13)5-11-6-9(15-3)16-4/h7,9,11H,5-6H2,1-4H3. The van der Waals surface area contributed by atoms with E-state index in [1.54, 1.807) is 18.9 Å². The van der Waals surface area contributed by atoms with Crippen molar-refractivity contribution in [3.63, 3.8) is 0 Å². The Balaban J connectivity index is 2.54. The van der Waals surface area contributed by atoms with E-state index in [1.807, 2.05) is 13.8 Å². The second-order valence-corrected chi connectivity index (χ2v) is 3.88. The molecule has 0 aliphatic rings. The highest BCUT2D eigenvalue weighted by atomic mass is 16.7. The van der Waals surface area contributed by atoms with Gasteiger partial charge in [-0.05, 0) is 13.8 Å². The Kier molecular flexibility index (Phi) is 5.33. The number of hydrogen-bond donors (Lipinski definition) is 1. The molecule has 0 amide bonds. The lowest BCUT2D eigenvalue weighted by atomic mass is 10.3. The maximum absolute atomic E-state index is 11.4. The highest BCUT2D eigenvalue weighted by Gasteiger charge is 2.20. The van der Waals surface area contributed by atoms with Crippen molar-refractivity contribution >= 4 is 0 Å². The normalized spacial score (nSPS) is 11.6. The summed E-state index contributed by atoms with van der Waals surface area (Å²) in [6.07, 6.45) is -0.336. The number of hydrogen-bond acceptors (Lipinski definition) is 6. The van der Waals surface area contributed by atoms with Gasteiger partial charge in [0.1, 0.15) is 0 Å². The Hall–Kier alpha value is -1.18. The minimum absolute atomic E-state index is 0.0823. The summed E-state index contributed by atoms with van der Waals surface area (Å²) in [6.45, 7) is 4.70. The predicted octanol–water partition coefficient (Wildman–Crippen LogP) is -0.675. The Morgan fingerprint density at radius 1 is 1.41 bits per heavy atom. The first kappa shape index (κ1) is 13.9. The Labute approximate surface area is 100 Å². The molecular formula is C10H19N3O4. The third-order valence-corrected chi connectivity index (χ3v) is 2.34. The summed E-state index contributed by atoms with van der Waals surface area (Å²) < 4.78 is 16.2. The van der Waals surface area contributed by atoms with Crippen LogP contribution in [0.25, 0.3) is 0 Å². The van der Waals surface area contributed by atoms with Crippen LogP contribution in [-0.4, -0.2) is 32.3 Å². The molecule has 0 aliphatic carbocycles. The van der Waals surface area contributed by atoms with Crippen molar-refractivity contribution in [3.8, 4) is 5.95 Å². The van der Waals surface area contributed by atoms with Gasteiger partial charge in [-0.1, -0.05) is 4.68 Å². The molecule has 0 atom stereocenters. The Morgan fingerprint density at radius 2 is 2.06 bits per heavy atom. The molecule has 0 aliphatic heterocycles. The smallest absolute Gasteiger partial charge is 0.247 e. The van der Waals surface area contributed by atoms with Crippen LogP contribution in [0.3, 0.4) is 0 Å². The molecule has 7 heteroatoms. The summed E-state index contributed by atoms with van der Waals surface area (Å²) in [5.74, 6) is -0.419. The van der Waals surface area contributed by atoms with Gasteiger partial charge in [0.05, 0.1) is 11.8 Å². The van der Waals surface area contributed by atoms with Crippen molar-refractivity contribution in [2.45, 2.75) is 32.7 Å². The van der Waals surface area contributed by atoms with Gasteiger partial charge in [0.25, 0.3) is 0 Å². The molecule has 98 valence electrons. The van der Waals surface area contributed by atoms with Crippen LogP contribution in [0.5, 0.6) is 5.95 Å². The lowest BCUT2D eigenvalue weighted by Gasteiger charge is -2.13. The SMILES string of the molecule is COC(CNCc1c([O-])on[n+]1C(C)C)OC. The molecule has 1 aromatic heterocycles. The first-order chi connectivity index (χ1) is 8.10. The molecule has 0 radical (unpaired) electrons. The summed E-state index contributed by atoms with van der Waals surface area (Å²) >= 11 is 0. The van der Waals surface area contributed by atoms with Crippen molar-refractivity contribution in [3.05, 3.63) is 5.69 Å². The summed E-state index contributed by atoms with van der Waals surface area (Å²) in [5, 5.41) is 18.1. The zero-order valence-corrected chi connectivity index (χ0v) is 10.6.